The van der Waals surface area contributed by atoms with Crippen molar-refractivity contribution in [2.45, 2.75) is 12.5 Å². The first-order valence-electron chi connectivity index (χ1n) is 6.19. The molecule has 1 atom stereocenters. The number of halogens is 2. The van der Waals surface area contributed by atoms with E-state index in [1.807, 2.05) is 17.5 Å². The van der Waals surface area contributed by atoms with E-state index in [9.17, 15) is 0 Å². The lowest BCUT2D eigenvalue weighted by Crippen LogP contribution is -2.10. The molecule has 21 heavy (non-hydrogen) atoms. The van der Waals surface area contributed by atoms with Crippen molar-refractivity contribution < 1.29 is 4.52 Å². The van der Waals surface area contributed by atoms with Gasteiger partial charge in [0.25, 0.3) is 0 Å². The minimum absolute atomic E-state index is 0.385. The highest BCUT2D eigenvalue weighted by molar-refractivity contribution is 7.10. The fraction of sp³-hybridized carbons (Fsp3) is 0.143. The number of aromatic nitrogens is 2. The van der Waals surface area contributed by atoms with Crippen molar-refractivity contribution in [3.05, 3.63) is 67.9 Å². The predicted octanol–water partition coefficient (Wildman–Crippen LogP) is 4.08. The highest BCUT2D eigenvalue weighted by atomic mass is 35.5. The second-order valence-electron chi connectivity index (χ2n) is 4.42. The second-order valence-corrected chi connectivity index (χ2v) is 6.21. The SMILES string of the molecule is NC(c1nc(Cc2c(Cl)cccc2Cl)no1)c1cccs1. The Morgan fingerprint density at radius 2 is 1.95 bits per heavy atom. The Hall–Kier alpha value is -1.40. The third-order valence-electron chi connectivity index (χ3n) is 3.00. The van der Waals surface area contributed by atoms with Gasteiger partial charge in [-0.3, -0.25) is 0 Å². The molecule has 1 unspecified atom stereocenters. The monoisotopic (exact) mass is 339 g/mol. The highest BCUT2D eigenvalue weighted by Gasteiger charge is 2.18. The number of thiophene rings is 1. The van der Waals surface area contributed by atoms with Crippen molar-refractivity contribution in [2.24, 2.45) is 5.73 Å². The largest absolute Gasteiger partial charge is 0.337 e. The van der Waals surface area contributed by atoms with Crippen LogP contribution in [0.25, 0.3) is 0 Å². The molecule has 1 aromatic carbocycles. The number of rotatable bonds is 4. The molecule has 4 nitrogen and oxygen atoms in total. The molecule has 0 aliphatic rings. The van der Waals surface area contributed by atoms with Gasteiger partial charge in [0.15, 0.2) is 5.82 Å². The first kappa shape index (κ1) is 14.5. The van der Waals surface area contributed by atoms with E-state index in [0.717, 1.165) is 10.4 Å². The topological polar surface area (TPSA) is 64.9 Å². The molecule has 2 N–H and O–H groups in total. The summed E-state index contributed by atoms with van der Waals surface area (Å²) in [6, 6.07) is 8.81. The molecular weight excluding hydrogens is 329 g/mol. The molecule has 0 amide bonds. The van der Waals surface area contributed by atoms with Gasteiger partial charge in [-0.25, -0.2) is 0 Å². The van der Waals surface area contributed by atoms with Gasteiger partial charge in [-0.2, -0.15) is 4.98 Å². The third kappa shape index (κ3) is 3.11. The Bertz CT molecular complexity index is 722. The molecule has 0 saturated carbocycles. The zero-order chi connectivity index (χ0) is 14.8. The van der Waals surface area contributed by atoms with Crippen molar-refractivity contribution in [3.8, 4) is 0 Å². The predicted molar refractivity (Wildman–Crippen MR) is 83.9 cm³/mol. The Kier molecular flexibility index (Phi) is 4.26. The molecule has 3 aromatic rings. The molecule has 0 spiro atoms. The lowest BCUT2D eigenvalue weighted by Gasteiger charge is -2.03. The molecule has 0 radical (unpaired) electrons. The van der Waals surface area contributed by atoms with Crippen LogP contribution in [0.15, 0.2) is 40.2 Å². The maximum absolute atomic E-state index is 6.14. The number of hydrogen-bond donors (Lipinski definition) is 1. The van der Waals surface area contributed by atoms with Crippen molar-refractivity contribution >= 4 is 34.5 Å². The molecule has 0 bridgehead atoms. The summed E-state index contributed by atoms with van der Waals surface area (Å²) in [7, 11) is 0. The van der Waals surface area contributed by atoms with Crippen LogP contribution < -0.4 is 5.73 Å². The van der Waals surface area contributed by atoms with Crippen LogP contribution in [0.5, 0.6) is 0 Å². The van der Waals surface area contributed by atoms with Gasteiger partial charge in [0.1, 0.15) is 6.04 Å². The van der Waals surface area contributed by atoms with Gasteiger partial charge in [0.05, 0.1) is 0 Å². The van der Waals surface area contributed by atoms with E-state index in [1.165, 1.54) is 0 Å². The van der Waals surface area contributed by atoms with Crippen LogP contribution in [0, 0.1) is 0 Å². The molecule has 2 aromatic heterocycles. The summed E-state index contributed by atoms with van der Waals surface area (Å²) < 4.78 is 5.24. The maximum atomic E-state index is 6.14. The standard InChI is InChI=1S/C14H11Cl2N3OS/c15-9-3-1-4-10(16)8(9)7-12-18-14(20-19-12)13(17)11-5-2-6-21-11/h1-6,13H,7,17H2. The van der Waals surface area contributed by atoms with Gasteiger partial charge in [-0.1, -0.05) is 40.5 Å². The number of nitrogens with two attached hydrogens (primary N) is 1. The fourth-order valence-electron chi connectivity index (χ4n) is 1.91. The Morgan fingerprint density at radius 1 is 1.19 bits per heavy atom. The summed E-state index contributed by atoms with van der Waals surface area (Å²) in [5.41, 5.74) is 6.87. The minimum Gasteiger partial charge on any atom is -0.337 e. The zero-order valence-corrected chi connectivity index (χ0v) is 13.1. The second kappa shape index (κ2) is 6.15. The van der Waals surface area contributed by atoms with E-state index in [4.69, 9.17) is 33.5 Å². The van der Waals surface area contributed by atoms with Crippen LogP contribution in [0.2, 0.25) is 10.0 Å². The van der Waals surface area contributed by atoms with E-state index in [0.29, 0.717) is 28.2 Å². The summed E-state index contributed by atoms with van der Waals surface area (Å²) in [5.74, 6) is 0.891. The smallest absolute Gasteiger partial charge is 0.248 e. The molecule has 108 valence electrons. The average Bonchev–Trinajstić information content (AvgIpc) is 3.14. The highest BCUT2D eigenvalue weighted by Crippen LogP contribution is 2.27. The van der Waals surface area contributed by atoms with Gasteiger partial charge in [-0.15, -0.1) is 11.3 Å². The zero-order valence-electron chi connectivity index (χ0n) is 10.8. The van der Waals surface area contributed by atoms with E-state index in [1.54, 1.807) is 29.5 Å². The van der Waals surface area contributed by atoms with Crippen LogP contribution in [0.3, 0.4) is 0 Å². The first-order chi connectivity index (χ1) is 10.1. The number of benzene rings is 1. The van der Waals surface area contributed by atoms with E-state index >= 15 is 0 Å². The molecule has 0 fully saturated rings. The van der Waals surface area contributed by atoms with Crippen molar-refractivity contribution in [2.75, 3.05) is 0 Å². The van der Waals surface area contributed by atoms with Crippen LogP contribution in [0.4, 0.5) is 0 Å². The van der Waals surface area contributed by atoms with E-state index in [2.05, 4.69) is 10.1 Å². The lowest BCUT2D eigenvalue weighted by atomic mass is 10.1. The normalized spacial score (nSPS) is 12.5. The summed E-state index contributed by atoms with van der Waals surface area (Å²) in [5, 5.41) is 7.06. The van der Waals surface area contributed by atoms with Gasteiger partial charge >= 0.3 is 0 Å². The minimum atomic E-state index is -0.409. The number of nitrogens with zero attached hydrogens (tertiary/aromatic N) is 2. The summed E-state index contributed by atoms with van der Waals surface area (Å²) >= 11 is 13.8. The van der Waals surface area contributed by atoms with Crippen LogP contribution >= 0.6 is 34.5 Å². The van der Waals surface area contributed by atoms with Crippen LogP contribution in [0.1, 0.15) is 28.2 Å². The molecular formula is C14H11Cl2N3OS. The summed E-state index contributed by atoms with van der Waals surface area (Å²) in [6.45, 7) is 0. The maximum Gasteiger partial charge on any atom is 0.248 e. The van der Waals surface area contributed by atoms with E-state index in [-0.39, 0.29) is 0 Å². The van der Waals surface area contributed by atoms with Gasteiger partial charge in [-0.05, 0) is 29.1 Å². The van der Waals surface area contributed by atoms with Crippen LogP contribution in [-0.2, 0) is 6.42 Å². The van der Waals surface area contributed by atoms with Crippen molar-refractivity contribution in [1.82, 2.24) is 10.1 Å². The summed E-state index contributed by atoms with van der Waals surface area (Å²) in [6.07, 6.45) is 0.402. The van der Waals surface area contributed by atoms with Gasteiger partial charge in [0, 0.05) is 21.3 Å². The Labute approximate surface area is 135 Å². The molecule has 7 heteroatoms. The van der Waals surface area contributed by atoms with Crippen LogP contribution in [-0.4, -0.2) is 10.1 Å². The van der Waals surface area contributed by atoms with Gasteiger partial charge < -0.3 is 10.3 Å². The third-order valence-corrected chi connectivity index (χ3v) is 4.66. The van der Waals surface area contributed by atoms with Crippen molar-refractivity contribution in [3.63, 3.8) is 0 Å². The molecule has 0 saturated heterocycles. The number of hydrogen-bond acceptors (Lipinski definition) is 5. The Balaban J connectivity index is 1.83. The lowest BCUT2D eigenvalue weighted by molar-refractivity contribution is 0.364. The Morgan fingerprint density at radius 3 is 2.62 bits per heavy atom. The van der Waals surface area contributed by atoms with Gasteiger partial charge in [0.2, 0.25) is 5.89 Å². The molecule has 0 aliphatic carbocycles. The summed E-state index contributed by atoms with van der Waals surface area (Å²) in [4.78, 5) is 5.30. The molecule has 0 aliphatic heterocycles. The molecule has 3 rings (SSSR count). The average molecular weight is 340 g/mol. The quantitative estimate of drug-likeness (QED) is 0.777. The first-order valence-corrected chi connectivity index (χ1v) is 7.83. The van der Waals surface area contributed by atoms with Crippen molar-refractivity contribution in [1.29, 1.82) is 0 Å². The fourth-order valence-corrected chi connectivity index (χ4v) is 3.16. The van der Waals surface area contributed by atoms with E-state index < -0.39 is 6.04 Å². The molecule has 2 heterocycles.